The van der Waals surface area contributed by atoms with Crippen LogP contribution in [0.2, 0.25) is 0 Å². The van der Waals surface area contributed by atoms with Gasteiger partial charge in [0.1, 0.15) is 22.1 Å². The molecule has 0 unspecified atom stereocenters. The van der Waals surface area contributed by atoms with Crippen LogP contribution in [-0.2, 0) is 6.42 Å². The number of nitrogen functional groups attached to an aromatic ring is 1. The van der Waals surface area contributed by atoms with Gasteiger partial charge >= 0.3 is 0 Å². The lowest BCUT2D eigenvalue weighted by molar-refractivity contribution is 0.0920. The number of nitrogens with zero attached hydrogens (tertiary/aromatic N) is 2. The normalized spacial score (nSPS) is 19.2. The highest BCUT2D eigenvalue weighted by molar-refractivity contribution is 7.21. The average molecular weight is 439 g/mol. The Morgan fingerprint density at radius 1 is 1.29 bits per heavy atom. The van der Waals surface area contributed by atoms with E-state index in [4.69, 9.17) is 10.5 Å². The largest absolute Gasteiger partial charge is 0.491 e. The minimum Gasteiger partial charge on any atom is -0.491 e. The predicted molar refractivity (Wildman–Crippen MR) is 123 cm³/mol. The van der Waals surface area contributed by atoms with Gasteiger partial charge in [0, 0.05) is 35.9 Å². The zero-order valence-electron chi connectivity index (χ0n) is 17.4. The quantitative estimate of drug-likeness (QED) is 0.581. The Morgan fingerprint density at radius 3 is 2.90 bits per heavy atom. The summed E-state index contributed by atoms with van der Waals surface area (Å²) >= 11 is 1.33. The van der Waals surface area contributed by atoms with Crippen molar-refractivity contribution in [2.45, 2.75) is 38.3 Å². The summed E-state index contributed by atoms with van der Waals surface area (Å²) < 4.78 is 6.00. The van der Waals surface area contributed by atoms with E-state index in [1.165, 1.54) is 11.3 Å². The molecule has 0 bridgehead atoms. The van der Waals surface area contributed by atoms with Crippen LogP contribution in [0.3, 0.4) is 0 Å². The summed E-state index contributed by atoms with van der Waals surface area (Å²) in [6, 6.07) is 9.95. The van der Waals surface area contributed by atoms with Crippen molar-refractivity contribution < 1.29 is 14.6 Å². The first kappa shape index (κ1) is 20.1. The Kier molecular flexibility index (Phi) is 5.19. The maximum atomic E-state index is 12.9. The predicted octanol–water partition coefficient (Wildman–Crippen LogP) is 2.88. The van der Waals surface area contributed by atoms with E-state index in [1.54, 1.807) is 0 Å². The fraction of sp³-hybridized carbons (Fsp3) is 0.391. The summed E-state index contributed by atoms with van der Waals surface area (Å²) in [6.45, 7) is 4.04. The second-order valence-corrected chi connectivity index (χ2v) is 9.35. The molecule has 3 aromatic rings. The summed E-state index contributed by atoms with van der Waals surface area (Å²) in [6.07, 6.45) is 2.11. The number of anilines is 2. The first-order chi connectivity index (χ1) is 15.0. The number of aryl methyl sites for hydroxylation is 1. The van der Waals surface area contributed by atoms with Crippen LogP contribution in [0.4, 0.5) is 11.4 Å². The van der Waals surface area contributed by atoms with E-state index in [0.29, 0.717) is 23.6 Å². The van der Waals surface area contributed by atoms with E-state index in [9.17, 15) is 9.90 Å². The van der Waals surface area contributed by atoms with Gasteiger partial charge in [-0.15, -0.1) is 11.3 Å². The Bertz CT molecular complexity index is 1140. The summed E-state index contributed by atoms with van der Waals surface area (Å²) in [7, 11) is 0. The molecule has 4 N–H and O–H groups in total. The zero-order valence-corrected chi connectivity index (χ0v) is 18.2. The van der Waals surface area contributed by atoms with Gasteiger partial charge in [-0.05, 0) is 49.9 Å². The van der Waals surface area contributed by atoms with E-state index < -0.39 is 0 Å². The Hall–Kier alpha value is -2.84. The lowest BCUT2D eigenvalue weighted by Crippen LogP contribution is -2.42. The molecule has 0 saturated carbocycles. The number of rotatable bonds is 3. The number of fused-ring (bicyclic) bond motifs is 2. The lowest BCUT2D eigenvalue weighted by Gasteiger charge is -2.33. The fourth-order valence-corrected chi connectivity index (χ4v) is 5.33. The maximum absolute atomic E-state index is 12.9. The summed E-state index contributed by atoms with van der Waals surface area (Å²) in [5.74, 6) is 0.689. The molecule has 0 radical (unpaired) electrons. The summed E-state index contributed by atoms with van der Waals surface area (Å²) in [5.41, 5.74) is 9.81. The molecule has 2 aliphatic heterocycles. The van der Waals surface area contributed by atoms with Crippen LogP contribution in [0.25, 0.3) is 10.2 Å². The van der Waals surface area contributed by atoms with Gasteiger partial charge in [-0.2, -0.15) is 0 Å². The van der Waals surface area contributed by atoms with Crippen LogP contribution in [-0.4, -0.2) is 47.8 Å². The first-order valence-corrected chi connectivity index (χ1v) is 11.4. The molecule has 7 nitrogen and oxygen atoms in total. The third-order valence-electron chi connectivity index (χ3n) is 6.06. The number of hydrogen-bond donors (Lipinski definition) is 3. The molecule has 31 heavy (non-hydrogen) atoms. The standard InChI is InChI=1S/C23H26N4O3S/c1-13-2-5-18-20(24)21(31-23(18)25-13)22(29)26-15-10-14-3-4-16(11-19(14)30-12-15)27-8-6-17(28)7-9-27/h2-5,11,15,17,28H,6-10,12,24H2,1H3,(H,26,29)/t15-/m1/s1. The molecule has 162 valence electrons. The first-order valence-electron chi connectivity index (χ1n) is 10.6. The SMILES string of the molecule is Cc1ccc2c(N)c(C(=O)N[C@H]3COc4cc(N5CCC(O)CC5)ccc4C3)sc2n1. The number of aromatic nitrogens is 1. The number of carbonyl (C=O) groups excluding carboxylic acids is 1. The van der Waals surface area contributed by atoms with Gasteiger partial charge in [-0.3, -0.25) is 4.79 Å². The number of pyridine rings is 1. The van der Waals surface area contributed by atoms with Crippen LogP contribution in [0.15, 0.2) is 30.3 Å². The van der Waals surface area contributed by atoms with Crippen molar-refractivity contribution in [2.24, 2.45) is 0 Å². The Labute approximate surface area is 184 Å². The lowest BCUT2D eigenvalue weighted by atomic mass is 10.0. The number of ether oxygens (including phenoxy) is 1. The smallest absolute Gasteiger partial charge is 0.263 e. The molecular formula is C23H26N4O3S. The van der Waals surface area contributed by atoms with Gasteiger partial charge in [0.15, 0.2) is 0 Å². The molecule has 4 heterocycles. The highest BCUT2D eigenvalue weighted by Gasteiger charge is 2.26. The number of amides is 1. The molecule has 0 spiro atoms. The molecule has 1 fully saturated rings. The second kappa shape index (κ2) is 8.01. The number of aliphatic hydroxyl groups is 1. The number of nitrogens with two attached hydrogens (primary N) is 1. The fourth-order valence-electron chi connectivity index (χ4n) is 4.28. The minimum atomic E-state index is -0.190. The van der Waals surface area contributed by atoms with Crippen molar-refractivity contribution in [1.82, 2.24) is 10.3 Å². The highest BCUT2D eigenvalue weighted by atomic mass is 32.1. The maximum Gasteiger partial charge on any atom is 0.263 e. The van der Waals surface area contributed by atoms with Crippen molar-refractivity contribution >= 4 is 38.8 Å². The molecule has 5 rings (SSSR count). The van der Waals surface area contributed by atoms with Gasteiger partial charge in [0.2, 0.25) is 0 Å². The van der Waals surface area contributed by atoms with Crippen LogP contribution >= 0.6 is 11.3 Å². The Balaban J connectivity index is 1.28. The molecule has 1 amide bonds. The molecule has 2 aliphatic rings. The molecular weight excluding hydrogens is 412 g/mol. The van der Waals surface area contributed by atoms with Crippen molar-refractivity contribution in [3.05, 3.63) is 46.5 Å². The number of hydrogen-bond acceptors (Lipinski definition) is 7. The summed E-state index contributed by atoms with van der Waals surface area (Å²) in [5, 5.41) is 13.6. The number of carbonyl (C=O) groups is 1. The number of thiophene rings is 1. The van der Waals surface area contributed by atoms with Gasteiger partial charge in [0.05, 0.1) is 17.8 Å². The minimum absolute atomic E-state index is 0.115. The van der Waals surface area contributed by atoms with Gasteiger partial charge < -0.3 is 25.8 Å². The molecule has 8 heteroatoms. The molecule has 0 aliphatic carbocycles. The van der Waals surface area contributed by atoms with E-state index in [1.807, 2.05) is 19.1 Å². The summed E-state index contributed by atoms with van der Waals surface area (Å²) in [4.78, 5) is 20.9. The Morgan fingerprint density at radius 2 is 2.10 bits per heavy atom. The van der Waals surface area contributed by atoms with Gasteiger partial charge in [-0.1, -0.05) is 6.07 Å². The third kappa shape index (κ3) is 3.93. The highest BCUT2D eigenvalue weighted by Crippen LogP contribution is 2.34. The van der Waals surface area contributed by atoms with Crippen LogP contribution in [0.1, 0.15) is 33.8 Å². The topological polar surface area (TPSA) is 101 Å². The average Bonchev–Trinajstić information content (AvgIpc) is 3.09. The van der Waals surface area contributed by atoms with Crippen molar-refractivity contribution in [3.8, 4) is 5.75 Å². The van der Waals surface area contributed by atoms with E-state index in [0.717, 1.165) is 58.8 Å². The second-order valence-electron chi connectivity index (χ2n) is 8.35. The van der Waals surface area contributed by atoms with E-state index in [2.05, 4.69) is 33.4 Å². The van der Waals surface area contributed by atoms with Gasteiger partial charge in [0.25, 0.3) is 5.91 Å². The molecule has 1 aromatic carbocycles. The van der Waals surface area contributed by atoms with Crippen LogP contribution in [0, 0.1) is 6.92 Å². The molecule has 2 aromatic heterocycles. The van der Waals surface area contributed by atoms with Crippen LogP contribution in [0.5, 0.6) is 5.75 Å². The monoisotopic (exact) mass is 438 g/mol. The molecule has 1 atom stereocenters. The third-order valence-corrected chi connectivity index (χ3v) is 7.18. The van der Waals surface area contributed by atoms with E-state index in [-0.39, 0.29) is 18.1 Å². The number of piperidine rings is 1. The number of nitrogens with one attached hydrogen (secondary N) is 1. The van der Waals surface area contributed by atoms with Gasteiger partial charge in [-0.25, -0.2) is 4.98 Å². The van der Waals surface area contributed by atoms with E-state index >= 15 is 0 Å². The van der Waals surface area contributed by atoms with Crippen molar-refractivity contribution in [1.29, 1.82) is 0 Å². The van der Waals surface area contributed by atoms with Crippen molar-refractivity contribution in [2.75, 3.05) is 30.3 Å². The number of aliphatic hydroxyl groups excluding tert-OH is 1. The van der Waals surface area contributed by atoms with Crippen molar-refractivity contribution in [3.63, 3.8) is 0 Å². The van der Waals surface area contributed by atoms with Crippen LogP contribution < -0.4 is 20.7 Å². The molecule has 1 saturated heterocycles. The zero-order chi connectivity index (χ0) is 21.5. The number of benzene rings is 1.